The van der Waals surface area contributed by atoms with Gasteiger partial charge in [0.2, 0.25) is 5.91 Å². The molecule has 2 amide bonds. The van der Waals surface area contributed by atoms with Crippen molar-refractivity contribution in [3.8, 4) is 5.75 Å². The molecule has 28 heavy (non-hydrogen) atoms. The molecule has 0 saturated carbocycles. The van der Waals surface area contributed by atoms with Crippen LogP contribution >= 0.6 is 0 Å². The molecule has 2 aromatic rings. The van der Waals surface area contributed by atoms with Crippen LogP contribution in [0.15, 0.2) is 42.6 Å². The number of nitrogens with one attached hydrogen (secondary N) is 1. The van der Waals surface area contributed by atoms with Crippen LogP contribution in [0.25, 0.3) is 0 Å². The third kappa shape index (κ3) is 4.79. The van der Waals surface area contributed by atoms with E-state index in [1.807, 2.05) is 41.3 Å². The Bertz CT molecular complexity index is 832. The summed E-state index contributed by atoms with van der Waals surface area (Å²) >= 11 is 0. The van der Waals surface area contributed by atoms with Crippen molar-refractivity contribution in [3.05, 3.63) is 53.9 Å². The highest BCUT2D eigenvalue weighted by Crippen LogP contribution is 2.18. The Kier molecular flexibility index (Phi) is 6.47. The van der Waals surface area contributed by atoms with Gasteiger partial charge in [-0.3, -0.25) is 14.6 Å². The minimum absolute atomic E-state index is 0.101. The lowest BCUT2D eigenvalue weighted by Crippen LogP contribution is -2.48. The normalized spacial score (nSPS) is 13.9. The molecule has 0 spiro atoms. The first-order valence-corrected chi connectivity index (χ1v) is 9.45. The summed E-state index contributed by atoms with van der Waals surface area (Å²) in [5, 5.41) is 2.92. The van der Waals surface area contributed by atoms with Crippen LogP contribution in [-0.2, 0) is 11.2 Å². The molecule has 0 radical (unpaired) electrons. The molecule has 2 heterocycles. The first-order chi connectivity index (χ1) is 13.6. The summed E-state index contributed by atoms with van der Waals surface area (Å²) in [5.74, 6) is 0.727. The van der Waals surface area contributed by atoms with Gasteiger partial charge in [0.15, 0.2) is 0 Å². The predicted molar refractivity (Wildman–Crippen MR) is 108 cm³/mol. The quantitative estimate of drug-likeness (QED) is 0.824. The van der Waals surface area contributed by atoms with Gasteiger partial charge in [0.25, 0.3) is 5.91 Å². The number of rotatable bonds is 6. The highest BCUT2D eigenvalue weighted by Gasteiger charge is 2.19. The lowest BCUT2D eigenvalue weighted by atomic mass is 10.1. The summed E-state index contributed by atoms with van der Waals surface area (Å²) in [6.07, 6.45) is 2.34. The van der Waals surface area contributed by atoms with E-state index in [1.54, 1.807) is 20.2 Å². The number of carbonyl (C=O) groups is 2. The SMILES string of the molecule is COc1ccccc1CCNC(=O)c1cc(N2CCN(C(C)=O)CC2)ccn1. The molecule has 7 nitrogen and oxygen atoms in total. The van der Waals surface area contributed by atoms with Crippen molar-refractivity contribution in [2.24, 2.45) is 0 Å². The second-order valence-corrected chi connectivity index (χ2v) is 6.71. The van der Waals surface area contributed by atoms with Crippen LogP contribution in [0, 0.1) is 0 Å². The molecule has 1 fully saturated rings. The Hall–Kier alpha value is -3.09. The number of para-hydroxylation sites is 1. The number of piperazine rings is 1. The van der Waals surface area contributed by atoms with Crippen LogP contribution in [-0.4, -0.2) is 61.5 Å². The fourth-order valence-electron chi connectivity index (χ4n) is 3.33. The number of methoxy groups -OCH3 is 1. The van der Waals surface area contributed by atoms with Crippen molar-refractivity contribution >= 4 is 17.5 Å². The van der Waals surface area contributed by atoms with Crippen molar-refractivity contribution in [1.82, 2.24) is 15.2 Å². The number of carbonyl (C=O) groups excluding carboxylic acids is 2. The monoisotopic (exact) mass is 382 g/mol. The number of anilines is 1. The summed E-state index contributed by atoms with van der Waals surface area (Å²) in [6.45, 7) is 4.98. The summed E-state index contributed by atoms with van der Waals surface area (Å²) in [5.41, 5.74) is 2.40. The molecule has 1 aromatic heterocycles. The predicted octanol–water partition coefficient (Wildman–Crippen LogP) is 1.73. The van der Waals surface area contributed by atoms with Crippen molar-refractivity contribution in [2.75, 3.05) is 44.7 Å². The molecular formula is C21H26N4O3. The van der Waals surface area contributed by atoms with Crippen LogP contribution in [0.5, 0.6) is 5.75 Å². The number of ether oxygens (including phenoxy) is 1. The van der Waals surface area contributed by atoms with Gasteiger partial charge in [0.05, 0.1) is 7.11 Å². The van der Waals surface area contributed by atoms with Gasteiger partial charge >= 0.3 is 0 Å². The van der Waals surface area contributed by atoms with E-state index >= 15 is 0 Å². The van der Waals surface area contributed by atoms with Crippen LogP contribution in [0.2, 0.25) is 0 Å². The minimum Gasteiger partial charge on any atom is -0.496 e. The van der Waals surface area contributed by atoms with Gasteiger partial charge in [-0.25, -0.2) is 0 Å². The van der Waals surface area contributed by atoms with E-state index in [9.17, 15) is 9.59 Å². The summed E-state index contributed by atoms with van der Waals surface area (Å²) in [6, 6.07) is 11.5. The third-order valence-electron chi connectivity index (χ3n) is 4.94. The van der Waals surface area contributed by atoms with Gasteiger partial charge < -0.3 is 19.9 Å². The fourth-order valence-corrected chi connectivity index (χ4v) is 3.33. The van der Waals surface area contributed by atoms with Gasteiger partial charge in [0, 0.05) is 51.5 Å². The van der Waals surface area contributed by atoms with Crippen molar-refractivity contribution in [2.45, 2.75) is 13.3 Å². The zero-order valence-corrected chi connectivity index (χ0v) is 16.4. The Labute approximate surface area is 165 Å². The standard InChI is InChI=1S/C21H26N4O3/c1-16(26)24-11-13-25(14-12-24)18-8-10-22-19(15-18)21(27)23-9-7-17-5-3-4-6-20(17)28-2/h3-6,8,10,15H,7,9,11-14H2,1-2H3,(H,23,27). The number of hydrogen-bond acceptors (Lipinski definition) is 5. The maximum atomic E-state index is 12.5. The van der Waals surface area contributed by atoms with Gasteiger partial charge in [-0.15, -0.1) is 0 Å². The zero-order chi connectivity index (χ0) is 19.9. The van der Waals surface area contributed by atoms with Crippen LogP contribution in [0.1, 0.15) is 23.0 Å². The molecule has 0 atom stereocenters. The molecule has 0 unspecified atom stereocenters. The second-order valence-electron chi connectivity index (χ2n) is 6.71. The Morgan fingerprint density at radius 2 is 1.89 bits per heavy atom. The van der Waals surface area contributed by atoms with E-state index < -0.39 is 0 Å². The first-order valence-electron chi connectivity index (χ1n) is 9.45. The molecule has 148 valence electrons. The number of nitrogens with zero attached hydrogens (tertiary/aromatic N) is 3. The zero-order valence-electron chi connectivity index (χ0n) is 16.4. The number of amides is 2. The molecule has 1 N–H and O–H groups in total. The van der Waals surface area contributed by atoms with Crippen molar-refractivity contribution in [1.29, 1.82) is 0 Å². The number of hydrogen-bond donors (Lipinski definition) is 1. The molecule has 1 aliphatic heterocycles. The molecule has 1 aliphatic rings. The average Bonchev–Trinajstić information content (AvgIpc) is 2.74. The van der Waals surface area contributed by atoms with Gasteiger partial charge in [-0.05, 0) is 30.2 Å². The summed E-state index contributed by atoms with van der Waals surface area (Å²) in [4.78, 5) is 32.2. The summed E-state index contributed by atoms with van der Waals surface area (Å²) in [7, 11) is 1.64. The molecule has 0 bridgehead atoms. The largest absolute Gasteiger partial charge is 0.496 e. The molecule has 7 heteroatoms. The highest BCUT2D eigenvalue weighted by atomic mass is 16.5. The van der Waals surface area contributed by atoms with Crippen molar-refractivity contribution in [3.63, 3.8) is 0 Å². The lowest BCUT2D eigenvalue weighted by molar-refractivity contribution is -0.129. The average molecular weight is 382 g/mol. The Morgan fingerprint density at radius 1 is 1.14 bits per heavy atom. The van der Waals surface area contributed by atoms with Gasteiger partial charge in [-0.2, -0.15) is 0 Å². The van der Waals surface area contributed by atoms with Crippen LogP contribution in [0.4, 0.5) is 5.69 Å². The fraction of sp³-hybridized carbons (Fsp3) is 0.381. The van der Waals surface area contributed by atoms with E-state index in [2.05, 4.69) is 15.2 Å². The van der Waals surface area contributed by atoms with E-state index in [4.69, 9.17) is 4.74 Å². The van der Waals surface area contributed by atoms with E-state index in [1.165, 1.54) is 0 Å². The lowest BCUT2D eigenvalue weighted by Gasteiger charge is -2.35. The Morgan fingerprint density at radius 3 is 2.61 bits per heavy atom. The van der Waals surface area contributed by atoms with Gasteiger partial charge in [0.1, 0.15) is 11.4 Å². The number of aromatic nitrogens is 1. The smallest absolute Gasteiger partial charge is 0.269 e. The minimum atomic E-state index is -0.195. The summed E-state index contributed by atoms with van der Waals surface area (Å²) < 4.78 is 5.34. The maximum absolute atomic E-state index is 12.5. The van der Waals surface area contributed by atoms with Crippen LogP contribution in [0.3, 0.4) is 0 Å². The maximum Gasteiger partial charge on any atom is 0.269 e. The number of pyridine rings is 1. The van der Waals surface area contributed by atoms with E-state index in [0.29, 0.717) is 31.7 Å². The van der Waals surface area contributed by atoms with E-state index in [-0.39, 0.29) is 11.8 Å². The molecular weight excluding hydrogens is 356 g/mol. The van der Waals surface area contributed by atoms with E-state index in [0.717, 1.165) is 30.1 Å². The highest BCUT2D eigenvalue weighted by molar-refractivity contribution is 5.93. The van der Waals surface area contributed by atoms with Crippen LogP contribution < -0.4 is 15.0 Å². The Balaban J connectivity index is 1.56. The van der Waals surface area contributed by atoms with Gasteiger partial charge in [-0.1, -0.05) is 18.2 Å². The first kappa shape index (κ1) is 19.7. The number of benzene rings is 1. The topological polar surface area (TPSA) is 74.8 Å². The molecule has 1 saturated heterocycles. The molecule has 1 aromatic carbocycles. The molecule has 0 aliphatic carbocycles. The van der Waals surface area contributed by atoms with Crippen molar-refractivity contribution < 1.29 is 14.3 Å². The molecule has 3 rings (SSSR count). The third-order valence-corrected chi connectivity index (χ3v) is 4.94. The second kappa shape index (κ2) is 9.21.